The van der Waals surface area contributed by atoms with Crippen LogP contribution in [-0.4, -0.2) is 5.75 Å². The molecule has 1 aromatic carbocycles. The molecule has 0 bridgehead atoms. The van der Waals surface area contributed by atoms with Crippen molar-refractivity contribution in [3.63, 3.8) is 0 Å². The summed E-state index contributed by atoms with van der Waals surface area (Å²) in [6.45, 7) is 0. The molecule has 0 atom stereocenters. The van der Waals surface area contributed by atoms with Gasteiger partial charge in [0.25, 0.3) is 0 Å². The van der Waals surface area contributed by atoms with Crippen LogP contribution in [0.2, 0.25) is 5.02 Å². The highest BCUT2D eigenvalue weighted by Gasteiger charge is 2.00. The van der Waals surface area contributed by atoms with E-state index < -0.39 is 0 Å². The Morgan fingerprint density at radius 3 is 2.93 bits per heavy atom. The second-order valence-corrected chi connectivity index (χ2v) is 4.34. The molecule has 0 saturated carbocycles. The molecular formula is C10H11ClN2S. The van der Waals surface area contributed by atoms with E-state index in [2.05, 4.69) is 6.07 Å². The summed E-state index contributed by atoms with van der Waals surface area (Å²) in [5.41, 5.74) is 6.24. The van der Waals surface area contributed by atoms with Crippen LogP contribution < -0.4 is 5.73 Å². The van der Waals surface area contributed by atoms with Gasteiger partial charge in [-0.2, -0.15) is 5.26 Å². The summed E-state index contributed by atoms with van der Waals surface area (Å²) >= 11 is 7.63. The third-order valence-electron chi connectivity index (χ3n) is 1.65. The maximum Gasteiger partial charge on any atom is 0.0622 e. The molecule has 0 fully saturated rings. The highest BCUT2D eigenvalue weighted by molar-refractivity contribution is 7.99. The van der Waals surface area contributed by atoms with Crippen LogP contribution in [0.25, 0.3) is 0 Å². The molecule has 0 aliphatic heterocycles. The van der Waals surface area contributed by atoms with E-state index in [0.717, 1.165) is 17.1 Å². The first-order valence-corrected chi connectivity index (χ1v) is 5.65. The zero-order chi connectivity index (χ0) is 10.4. The van der Waals surface area contributed by atoms with Crippen LogP contribution >= 0.6 is 23.4 Å². The Balaban J connectivity index is 2.47. The van der Waals surface area contributed by atoms with Gasteiger partial charge in [-0.3, -0.25) is 0 Å². The lowest BCUT2D eigenvalue weighted by atomic mass is 10.3. The Morgan fingerprint density at radius 2 is 2.29 bits per heavy atom. The van der Waals surface area contributed by atoms with Gasteiger partial charge >= 0.3 is 0 Å². The van der Waals surface area contributed by atoms with Gasteiger partial charge in [0.15, 0.2) is 0 Å². The van der Waals surface area contributed by atoms with Gasteiger partial charge in [-0.25, -0.2) is 0 Å². The normalized spacial score (nSPS) is 9.71. The van der Waals surface area contributed by atoms with Gasteiger partial charge in [0.1, 0.15) is 0 Å². The molecule has 0 amide bonds. The van der Waals surface area contributed by atoms with Crippen LogP contribution in [0.5, 0.6) is 0 Å². The minimum Gasteiger partial charge on any atom is -0.399 e. The van der Waals surface area contributed by atoms with E-state index in [1.165, 1.54) is 0 Å². The van der Waals surface area contributed by atoms with Crippen molar-refractivity contribution >= 4 is 29.1 Å². The van der Waals surface area contributed by atoms with E-state index in [9.17, 15) is 0 Å². The van der Waals surface area contributed by atoms with E-state index in [0.29, 0.717) is 17.1 Å². The van der Waals surface area contributed by atoms with E-state index in [4.69, 9.17) is 22.6 Å². The number of rotatable bonds is 4. The van der Waals surface area contributed by atoms with Crippen molar-refractivity contribution in [2.45, 2.75) is 17.7 Å². The van der Waals surface area contributed by atoms with Crippen LogP contribution in [0.1, 0.15) is 12.8 Å². The van der Waals surface area contributed by atoms with Crippen LogP contribution in [0.15, 0.2) is 23.1 Å². The van der Waals surface area contributed by atoms with Gasteiger partial charge in [-0.05, 0) is 30.4 Å². The molecule has 2 N–H and O–H groups in total. The number of hydrogen-bond donors (Lipinski definition) is 1. The first kappa shape index (κ1) is 11.2. The van der Waals surface area contributed by atoms with Crippen molar-refractivity contribution in [2.24, 2.45) is 0 Å². The van der Waals surface area contributed by atoms with E-state index in [1.807, 2.05) is 12.1 Å². The Bertz CT molecular complexity index is 346. The predicted octanol–water partition coefficient (Wildman–Crippen LogP) is 3.32. The minimum atomic E-state index is 0.597. The molecule has 0 spiro atoms. The maximum absolute atomic E-state index is 8.35. The van der Waals surface area contributed by atoms with Crippen molar-refractivity contribution < 1.29 is 0 Å². The number of unbranched alkanes of at least 4 members (excludes halogenated alkanes) is 1. The number of thioether (sulfide) groups is 1. The summed E-state index contributed by atoms with van der Waals surface area (Å²) in [7, 11) is 0. The summed E-state index contributed by atoms with van der Waals surface area (Å²) in [6, 6.07) is 7.60. The maximum atomic E-state index is 8.35. The number of nitriles is 1. The number of halogens is 1. The van der Waals surface area contributed by atoms with Crippen molar-refractivity contribution in [3.8, 4) is 6.07 Å². The van der Waals surface area contributed by atoms with E-state index >= 15 is 0 Å². The average molecular weight is 227 g/mol. The lowest BCUT2D eigenvalue weighted by Gasteiger charge is -2.03. The topological polar surface area (TPSA) is 49.8 Å². The van der Waals surface area contributed by atoms with Crippen molar-refractivity contribution in [3.05, 3.63) is 23.2 Å². The highest BCUT2D eigenvalue weighted by Crippen LogP contribution is 2.29. The summed E-state index contributed by atoms with van der Waals surface area (Å²) in [5.74, 6) is 0.914. The van der Waals surface area contributed by atoms with Gasteiger partial charge in [-0.15, -0.1) is 11.8 Å². The third kappa shape index (κ3) is 3.49. The van der Waals surface area contributed by atoms with Crippen molar-refractivity contribution in [2.75, 3.05) is 11.5 Å². The highest BCUT2D eigenvalue weighted by atomic mass is 35.5. The molecule has 0 aromatic heterocycles. The van der Waals surface area contributed by atoms with Crippen molar-refractivity contribution in [1.82, 2.24) is 0 Å². The number of hydrogen-bond acceptors (Lipinski definition) is 3. The third-order valence-corrected chi connectivity index (χ3v) is 3.23. The molecule has 4 heteroatoms. The predicted molar refractivity (Wildman–Crippen MR) is 61.4 cm³/mol. The molecule has 1 rings (SSSR count). The monoisotopic (exact) mass is 226 g/mol. The quantitative estimate of drug-likeness (QED) is 0.487. The number of benzene rings is 1. The first-order chi connectivity index (χ1) is 6.74. The minimum absolute atomic E-state index is 0.597. The smallest absolute Gasteiger partial charge is 0.0622 e. The summed E-state index contributed by atoms with van der Waals surface area (Å²) in [5, 5.41) is 9.04. The average Bonchev–Trinajstić information content (AvgIpc) is 2.15. The number of nitrogens with two attached hydrogens (primary N) is 1. The van der Waals surface area contributed by atoms with Crippen LogP contribution in [0, 0.1) is 11.3 Å². The van der Waals surface area contributed by atoms with Gasteiger partial charge < -0.3 is 5.73 Å². The second-order valence-electron chi connectivity index (χ2n) is 2.80. The Morgan fingerprint density at radius 1 is 1.50 bits per heavy atom. The SMILES string of the molecule is N#CCCCSc1ccc(N)cc1Cl. The molecule has 2 nitrogen and oxygen atoms in total. The van der Waals surface area contributed by atoms with Gasteiger partial charge in [0.2, 0.25) is 0 Å². The van der Waals surface area contributed by atoms with Crippen LogP contribution in [-0.2, 0) is 0 Å². The molecule has 0 unspecified atom stereocenters. The molecule has 1 aromatic rings. The van der Waals surface area contributed by atoms with Crippen LogP contribution in [0.4, 0.5) is 5.69 Å². The molecule has 0 aliphatic carbocycles. The van der Waals surface area contributed by atoms with E-state index in [1.54, 1.807) is 17.8 Å². The molecule has 0 saturated heterocycles. The first-order valence-electron chi connectivity index (χ1n) is 4.29. The molecular weight excluding hydrogens is 216 g/mol. The molecule has 0 aliphatic rings. The summed E-state index contributed by atoms with van der Waals surface area (Å²) < 4.78 is 0. The fraction of sp³-hybridized carbons (Fsp3) is 0.300. The Labute approximate surface area is 93.1 Å². The number of nitrogen functional groups attached to an aromatic ring is 1. The Hall–Kier alpha value is -0.850. The second kappa shape index (κ2) is 5.79. The molecule has 0 heterocycles. The summed E-state index contributed by atoms with van der Waals surface area (Å²) in [4.78, 5) is 1.03. The fourth-order valence-electron chi connectivity index (χ4n) is 0.967. The molecule has 14 heavy (non-hydrogen) atoms. The summed E-state index contributed by atoms with van der Waals surface area (Å²) in [6.07, 6.45) is 1.49. The Kier molecular flexibility index (Phi) is 4.64. The van der Waals surface area contributed by atoms with Crippen molar-refractivity contribution in [1.29, 1.82) is 5.26 Å². The lowest BCUT2D eigenvalue weighted by molar-refractivity contribution is 0.981. The van der Waals surface area contributed by atoms with Gasteiger partial charge in [0, 0.05) is 17.0 Å². The fourth-order valence-corrected chi connectivity index (χ4v) is 2.19. The van der Waals surface area contributed by atoms with E-state index in [-0.39, 0.29) is 0 Å². The largest absolute Gasteiger partial charge is 0.399 e. The zero-order valence-electron chi connectivity index (χ0n) is 7.66. The van der Waals surface area contributed by atoms with Crippen LogP contribution in [0.3, 0.4) is 0 Å². The standard InChI is InChI=1S/C10H11ClN2S/c11-9-7-8(13)3-4-10(9)14-6-2-1-5-12/h3-4,7H,1-2,6,13H2. The zero-order valence-corrected chi connectivity index (χ0v) is 9.24. The number of nitrogens with zero attached hydrogens (tertiary/aromatic N) is 1. The lowest BCUT2D eigenvalue weighted by Crippen LogP contribution is -1.85. The van der Waals surface area contributed by atoms with Gasteiger partial charge in [0.05, 0.1) is 11.1 Å². The van der Waals surface area contributed by atoms with Gasteiger partial charge in [-0.1, -0.05) is 11.6 Å². The number of anilines is 1. The molecule has 0 radical (unpaired) electrons. The molecule has 74 valence electrons.